The van der Waals surface area contributed by atoms with Crippen molar-refractivity contribution < 1.29 is 28.4 Å². The van der Waals surface area contributed by atoms with Crippen molar-refractivity contribution in [3.63, 3.8) is 0 Å². The van der Waals surface area contributed by atoms with Gasteiger partial charge in [-0.2, -0.15) is 0 Å². The third kappa shape index (κ3) is 29.3. The minimum Gasteiger partial charge on any atom is -0.499 e. The smallest absolute Gasteiger partial charge is 0.111 e. The summed E-state index contributed by atoms with van der Waals surface area (Å²) in [6.07, 6.45) is 16.4. The van der Waals surface area contributed by atoms with Gasteiger partial charge in [-0.15, -0.1) is 0 Å². The third-order valence-electron chi connectivity index (χ3n) is 4.84. The second kappa shape index (κ2) is 29.3. The fraction of sp³-hybridized carbons (Fsp3) is 0.920. The van der Waals surface area contributed by atoms with E-state index < -0.39 is 0 Å². The van der Waals surface area contributed by atoms with Gasteiger partial charge in [0.05, 0.1) is 65.7 Å². The van der Waals surface area contributed by atoms with Gasteiger partial charge in [0.2, 0.25) is 0 Å². The lowest BCUT2D eigenvalue weighted by atomic mass is 10.1. The molecule has 31 heavy (non-hydrogen) atoms. The average Bonchev–Trinajstić information content (AvgIpc) is 2.78. The van der Waals surface area contributed by atoms with Crippen molar-refractivity contribution in [2.45, 2.75) is 77.6 Å². The van der Waals surface area contributed by atoms with Crippen molar-refractivity contribution in [2.24, 2.45) is 0 Å². The Morgan fingerprint density at radius 2 is 0.742 bits per heavy atom. The molecule has 0 amide bonds. The van der Waals surface area contributed by atoms with Gasteiger partial charge < -0.3 is 28.4 Å². The largest absolute Gasteiger partial charge is 0.499 e. The Morgan fingerprint density at radius 3 is 1.13 bits per heavy atom. The van der Waals surface area contributed by atoms with Crippen LogP contribution in [0.25, 0.3) is 0 Å². The van der Waals surface area contributed by atoms with E-state index in [0.717, 1.165) is 13.0 Å². The van der Waals surface area contributed by atoms with E-state index in [2.05, 4.69) is 13.5 Å². The van der Waals surface area contributed by atoms with Gasteiger partial charge in [-0.05, 0) is 6.42 Å². The predicted molar refractivity (Wildman–Crippen MR) is 127 cm³/mol. The Bertz CT molecular complexity index is 327. The summed E-state index contributed by atoms with van der Waals surface area (Å²) in [5.41, 5.74) is 0. The van der Waals surface area contributed by atoms with Crippen molar-refractivity contribution >= 4 is 0 Å². The molecule has 186 valence electrons. The lowest BCUT2D eigenvalue weighted by Crippen LogP contribution is -2.13. The highest BCUT2D eigenvalue weighted by Gasteiger charge is 1.95. The van der Waals surface area contributed by atoms with Crippen LogP contribution in [0.15, 0.2) is 12.8 Å². The van der Waals surface area contributed by atoms with Gasteiger partial charge in [0.15, 0.2) is 0 Å². The summed E-state index contributed by atoms with van der Waals surface area (Å²) in [6.45, 7) is 12.4. The van der Waals surface area contributed by atoms with Crippen molar-refractivity contribution in [1.29, 1.82) is 0 Å². The van der Waals surface area contributed by atoms with Crippen molar-refractivity contribution in [3.05, 3.63) is 12.8 Å². The van der Waals surface area contributed by atoms with Gasteiger partial charge in [0, 0.05) is 6.61 Å². The predicted octanol–water partition coefficient (Wildman–Crippen LogP) is 5.54. The molecule has 0 rings (SSSR count). The fourth-order valence-electron chi connectivity index (χ4n) is 3.04. The van der Waals surface area contributed by atoms with E-state index in [1.807, 2.05) is 0 Å². The highest BCUT2D eigenvalue weighted by molar-refractivity contribution is 4.48. The van der Waals surface area contributed by atoms with Crippen LogP contribution in [0.1, 0.15) is 77.6 Å². The minimum absolute atomic E-state index is 0.525. The number of hydrogen-bond acceptors (Lipinski definition) is 6. The topological polar surface area (TPSA) is 55.4 Å². The molecular formula is C25H50O6. The maximum atomic E-state index is 5.62. The number of rotatable bonds is 28. The molecule has 6 heteroatoms. The van der Waals surface area contributed by atoms with E-state index in [1.54, 1.807) is 0 Å². The molecule has 0 aliphatic heterocycles. The molecule has 0 aliphatic carbocycles. The van der Waals surface area contributed by atoms with Gasteiger partial charge in [-0.25, -0.2) is 0 Å². The fourth-order valence-corrected chi connectivity index (χ4v) is 3.04. The Morgan fingerprint density at radius 1 is 0.419 bits per heavy atom. The number of hydrogen-bond donors (Lipinski definition) is 0. The first-order valence-corrected chi connectivity index (χ1v) is 12.5. The van der Waals surface area contributed by atoms with E-state index in [9.17, 15) is 0 Å². The van der Waals surface area contributed by atoms with Crippen LogP contribution in [0.2, 0.25) is 0 Å². The molecule has 0 radical (unpaired) electrons. The van der Waals surface area contributed by atoms with E-state index in [0.29, 0.717) is 66.1 Å². The lowest BCUT2D eigenvalue weighted by molar-refractivity contribution is -0.0138. The van der Waals surface area contributed by atoms with Gasteiger partial charge in [-0.3, -0.25) is 0 Å². The highest BCUT2D eigenvalue weighted by atomic mass is 16.6. The SMILES string of the molecule is C=COCCOCCOCCOCCOCCOCCCCCCCCCCCCC. The van der Waals surface area contributed by atoms with Gasteiger partial charge >= 0.3 is 0 Å². The zero-order chi connectivity index (χ0) is 22.5. The molecule has 0 bridgehead atoms. The molecule has 6 nitrogen and oxygen atoms in total. The zero-order valence-corrected chi connectivity index (χ0v) is 20.3. The standard InChI is InChI=1S/C25H50O6/c1-3-5-6-7-8-9-10-11-12-13-14-15-27-18-19-29-22-23-31-25-24-30-21-20-28-17-16-26-4-2/h4H,2-3,5-25H2,1H3. The molecule has 0 unspecified atom stereocenters. The molecule has 0 atom stereocenters. The maximum absolute atomic E-state index is 5.62. The van der Waals surface area contributed by atoms with Gasteiger partial charge in [0.1, 0.15) is 6.61 Å². The molecule has 0 spiro atoms. The van der Waals surface area contributed by atoms with Crippen molar-refractivity contribution in [1.82, 2.24) is 0 Å². The van der Waals surface area contributed by atoms with E-state index in [-0.39, 0.29) is 0 Å². The van der Waals surface area contributed by atoms with Crippen LogP contribution in [0.3, 0.4) is 0 Å². The molecule has 0 N–H and O–H groups in total. The molecule has 0 heterocycles. The molecule has 0 aliphatic rings. The molecule has 0 aromatic heterocycles. The molecule has 0 aromatic carbocycles. The van der Waals surface area contributed by atoms with Crippen LogP contribution in [0.4, 0.5) is 0 Å². The first-order valence-electron chi connectivity index (χ1n) is 12.5. The van der Waals surface area contributed by atoms with Crippen LogP contribution in [-0.2, 0) is 28.4 Å². The van der Waals surface area contributed by atoms with Crippen LogP contribution in [-0.4, -0.2) is 72.7 Å². The van der Waals surface area contributed by atoms with Crippen LogP contribution in [0.5, 0.6) is 0 Å². The average molecular weight is 447 g/mol. The van der Waals surface area contributed by atoms with Gasteiger partial charge in [-0.1, -0.05) is 77.7 Å². The van der Waals surface area contributed by atoms with E-state index in [1.165, 1.54) is 70.5 Å². The summed E-state index contributed by atoms with van der Waals surface area (Å²) in [5, 5.41) is 0. The number of unbranched alkanes of at least 4 members (excludes halogenated alkanes) is 10. The molecular weight excluding hydrogens is 396 g/mol. The second-order valence-electron chi connectivity index (χ2n) is 7.63. The minimum atomic E-state index is 0.525. The summed E-state index contributed by atoms with van der Waals surface area (Å²) in [4.78, 5) is 0. The van der Waals surface area contributed by atoms with E-state index >= 15 is 0 Å². The normalized spacial score (nSPS) is 11.1. The van der Waals surface area contributed by atoms with Gasteiger partial charge in [0.25, 0.3) is 0 Å². The molecule has 0 saturated carbocycles. The second-order valence-corrected chi connectivity index (χ2v) is 7.63. The van der Waals surface area contributed by atoms with Crippen molar-refractivity contribution in [2.75, 3.05) is 72.7 Å². The maximum Gasteiger partial charge on any atom is 0.111 e. The summed E-state index contributed by atoms with van der Waals surface area (Å²) >= 11 is 0. The summed E-state index contributed by atoms with van der Waals surface area (Å²) in [7, 11) is 0. The van der Waals surface area contributed by atoms with Crippen LogP contribution >= 0.6 is 0 Å². The van der Waals surface area contributed by atoms with Crippen LogP contribution < -0.4 is 0 Å². The summed E-state index contributed by atoms with van der Waals surface area (Å²) < 4.78 is 32.2. The van der Waals surface area contributed by atoms with Crippen molar-refractivity contribution in [3.8, 4) is 0 Å². The Hall–Kier alpha value is -0.660. The Labute approximate surface area is 191 Å². The first kappa shape index (κ1) is 30.3. The molecule has 0 aromatic rings. The summed E-state index contributed by atoms with van der Waals surface area (Å²) in [6, 6.07) is 0. The Kier molecular flexibility index (Phi) is 28.7. The molecule has 0 saturated heterocycles. The zero-order valence-electron chi connectivity index (χ0n) is 20.3. The monoisotopic (exact) mass is 446 g/mol. The van der Waals surface area contributed by atoms with Crippen LogP contribution in [0, 0.1) is 0 Å². The number of ether oxygens (including phenoxy) is 6. The Balaban J connectivity index is 2.98. The lowest BCUT2D eigenvalue weighted by Gasteiger charge is -2.08. The summed E-state index contributed by atoms with van der Waals surface area (Å²) in [5.74, 6) is 0. The first-order chi connectivity index (χ1) is 15.4. The van der Waals surface area contributed by atoms with E-state index in [4.69, 9.17) is 28.4 Å². The third-order valence-corrected chi connectivity index (χ3v) is 4.84. The quantitative estimate of drug-likeness (QED) is 0.116. The highest BCUT2D eigenvalue weighted by Crippen LogP contribution is 2.11. The molecule has 0 fully saturated rings.